The van der Waals surface area contributed by atoms with Gasteiger partial charge in [-0.1, -0.05) is 30.3 Å². The van der Waals surface area contributed by atoms with Gasteiger partial charge in [-0.3, -0.25) is 14.5 Å². The van der Waals surface area contributed by atoms with Gasteiger partial charge in [-0.05, 0) is 24.3 Å². The van der Waals surface area contributed by atoms with Gasteiger partial charge in [0.2, 0.25) is 0 Å². The number of fused-ring (bicyclic) bond motifs is 1. The molecular formula is C18H17NO4S. The Labute approximate surface area is 143 Å². The lowest BCUT2D eigenvalue weighted by atomic mass is 10.1. The summed E-state index contributed by atoms with van der Waals surface area (Å²) in [6, 6.07) is 15.3. The van der Waals surface area contributed by atoms with Crippen molar-refractivity contribution < 1.29 is 19.8 Å². The van der Waals surface area contributed by atoms with Crippen LogP contribution in [-0.2, 0) is 0 Å². The smallest absolute Gasteiger partial charge is 0.261 e. The summed E-state index contributed by atoms with van der Waals surface area (Å²) < 4.78 is 0. The molecule has 3 rings (SSSR count). The van der Waals surface area contributed by atoms with E-state index in [0.717, 1.165) is 9.80 Å². The van der Waals surface area contributed by atoms with Crippen LogP contribution < -0.4 is 0 Å². The standard InChI is InChI=1S/C18H17NO4S/c20-10-16(21)15(11-24-12-6-2-1-3-7-12)19-17(22)13-8-4-5-9-14(13)18(19)23/h1-9,15-16,20-21H,10-11H2/t15?,16-/m0/s1. The highest BCUT2D eigenvalue weighted by Crippen LogP contribution is 2.29. The molecule has 24 heavy (non-hydrogen) atoms. The van der Waals surface area contributed by atoms with Gasteiger partial charge in [0.25, 0.3) is 11.8 Å². The molecule has 0 radical (unpaired) electrons. The summed E-state index contributed by atoms with van der Waals surface area (Å²) in [5.41, 5.74) is 0.671. The summed E-state index contributed by atoms with van der Waals surface area (Å²) >= 11 is 1.42. The Morgan fingerprint density at radius 2 is 1.46 bits per heavy atom. The molecule has 2 atom stereocenters. The highest BCUT2D eigenvalue weighted by atomic mass is 32.2. The van der Waals surface area contributed by atoms with Crippen molar-refractivity contribution >= 4 is 23.6 Å². The molecule has 0 fully saturated rings. The van der Waals surface area contributed by atoms with Crippen LogP contribution in [0, 0.1) is 0 Å². The van der Waals surface area contributed by atoms with Gasteiger partial charge in [-0.2, -0.15) is 0 Å². The second-order valence-corrected chi connectivity index (χ2v) is 6.56. The number of carbonyl (C=O) groups excluding carboxylic acids is 2. The number of amides is 2. The summed E-state index contributed by atoms with van der Waals surface area (Å²) in [5, 5.41) is 19.5. The largest absolute Gasteiger partial charge is 0.394 e. The molecule has 0 spiro atoms. The number of aliphatic hydroxyl groups is 2. The summed E-state index contributed by atoms with van der Waals surface area (Å²) in [6.45, 7) is -0.520. The first-order valence-corrected chi connectivity index (χ1v) is 8.55. The summed E-state index contributed by atoms with van der Waals surface area (Å²) in [5.74, 6) is -0.555. The SMILES string of the molecule is O=C1c2ccccc2C(=O)N1C(CSc1ccccc1)[C@@H](O)CO. The van der Waals surface area contributed by atoms with E-state index in [4.69, 9.17) is 0 Å². The number of nitrogens with zero attached hydrogens (tertiary/aromatic N) is 1. The summed E-state index contributed by atoms with van der Waals surface area (Å²) in [4.78, 5) is 27.2. The van der Waals surface area contributed by atoms with Crippen molar-refractivity contribution in [2.24, 2.45) is 0 Å². The first kappa shape index (κ1) is 16.7. The minimum atomic E-state index is -1.19. The Bertz CT molecular complexity index is 715. The quantitative estimate of drug-likeness (QED) is 0.618. The maximum absolute atomic E-state index is 12.6. The maximum atomic E-state index is 12.6. The number of aliphatic hydroxyl groups excluding tert-OH is 2. The molecule has 0 bridgehead atoms. The molecule has 0 saturated heterocycles. The van der Waals surface area contributed by atoms with Gasteiger partial charge in [-0.15, -0.1) is 11.8 Å². The van der Waals surface area contributed by atoms with Gasteiger partial charge in [0.1, 0.15) is 0 Å². The van der Waals surface area contributed by atoms with Gasteiger partial charge < -0.3 is 10.2 Å². The zero-order valence-corrected chi connectivity index (χ0v) is 13.6. The molecule has 2 N–H and O–H groups in total. The van der Waals surface area contributed by atoms with E-state index in [1.54, 1.807) is 24.3 Å². The molecule has 2 amide bonds. The highest BCUT2D eigenvalue weighted by molar-refractivity contribution is 7.99. The first-order valence-electron chi connectivity index (χ1n) is 7.57. The molecule has 124 valence electrons. The van der Waals surface area contributed by atoms with E-state index < -0.39 is 30.6 Å². The monoisotopic (exact) mass is 343 g/mol. The number of benzene rings is 2. The third kappa shape index (κ3) is 3.08. The van der Waals surface area contributed by atoms with E-state index in [2.05, 4.69) is 0 Å². The van der Waals surface area contributed by atoms with Crippen molar-refractivity contribution in [1.82, 2.24) is 4.90 Å². The zero-order valence-electron chi connectivity index (χ0n) is 12.8. The van der Waals surface area contributed by atoms with Crippen LogP contribution >= 0.6 is 11.8 Å². The third-order valence-electron chi connectivity index (χ3n) is 3.95. The van der Waals surface area contributed by atoms with E-state index in [1.165, 1.54) is 11.8 Å². The van der Waals surface area contributed by atoms with Crippen molar-refractivity contribution in [1.29, 1.82) is 0 Å². The first-order chi connectivity index (χ1) is 11.6. The van der Waals surface area contributed by atoms with Crippen molar-refractivity contribution in [2.45, 2.75) is 17.0 Å². The Morgan fingerprint density at radius 3 is 2.00 bits per heavy atom. The average molecular weight is 343 g/mol. The van der Waals surface area contributed by atoms with Crippen molar-refractivity contribution in [3.63, 3.8) is 0 Å². The van der Waals surface area contributed by atoms with E-state index in [0.29, 0.717) is 16.9 Å². The average Bonchev–Trinajstić information content (AvgIpc) is 2.88. The molecular weight excluding hydrogens is 326 g/mol. The molecule has 0 saturated carbocycles. The molecule has 6 heteroatoms. The van der Waals surface area contributed by atoms with Crippen LogP contribution in [0.1, 0.15) is 20.7 Å². The number of rotatable bonds is 6. The number of imide groups is 1. The fourth-order valence-electron chi connectivity index (χ4n) is 2.69. The van der Waals surface area contributed by atoms with Crippen LogP contribution in [0.2, 0.25) is 0 Å². The second-order valence-electron chi connectivity index (χ2n) is 5.47. The van der Waals surface area contributed by atoms with E-state index >= 15 is 0 Å². The minimum absolute atomic E-state index is 0.303. The third-order valence-corrected chi connectivity index (χ3v) is 5.07. The van der Waals surface area contributed by atoms with Crippen molar-refractivity contribution in [3.05, 3.63) is 65.7 Å². The summed E-state index contributed by atoms with van der Waals surface area (Å²) in [7, 11) is 0. The lowest BCUT2D eigenvalue weighted by Gasteiger charge is -2.29. The topological polar surface area (TPSA) is 77.8 Å². The number of thioether (sulfide) groups is 1. The minimum Gasteiger partial charge on any atom is -0.394 e. The number of hydrogen-bond donors (Lipinski definition) is 2. The Morgan fingerprint density at radius 1 is 0.917 bits per heavy atom. The van der Waals surface area contributed by atoms with Crippen LogP contribution in [0.25, 0.3) is 0 Å². The van der Waals surface area contributed by atoms with Gasteiger partial charge >= 0.3 is 0 Å². The summed E-state index contributed by atoms with van der Waals surface area (Å²) in [6.07, 6.45) is -1.19. The van der Waals surface area contributed by atoms with Crippen LogP contribution in [-0.4, -0.2) is 51.4 Å². The van der Waals surface area contributed by atoms with Gasteiger partial charge in [0.15, 0.2) is 0 Å². The van der Waals surface area contributed by atoms with Gasteiger partial charge in [-0.25, -0.2) is 0 Å². The fraction of sp³-hybridized carbons (Fsp3) is 0.222. The van der Waals surface area contributed by atoms with Crippen LogP contribution in [0.4, 0.5) is 0 Å². The Kier molecular flexibility index (Phi) is 4.99. The predicted molar refractivity (Wildman–Crippen MR) is 91.0 cm³/mol. The molecule has 1 aliphatic heterocycles. The molecule has 2 aromatic rings. The molecule has 2 aromatic carbocycles. The maximum Gasteiger partial charge on any atom is 0.261 e. The Hall–Kier alpha value is -2.15. The molecule has 5 nitrogen and oxygen atoms in total. The van der Waals surface area contributed by atoms with Gasteiger partial charge in [0, 0.05) is 10.6 Å². The zero-order chi connectivity index (χ0) is 17.1. The Balaban J connectivity index is 1.84. The number of hydrogen-bond acceptors (Lipinski definition) is 5. The van der Waals surface area contributed by atoms with Crippen LogP contribution in [0.3, 0.4) is 0 Å². The second kappa shape index (κ2) is 7.17. The van der Waals surface area contributed by atoms with Crippen molar-refractivity contribution in [2.75, 3.05) is 12.4 Å². The lowest BCUT2D eigenvalue weighted by molar-refractivity contribution is 0.0208. The van der Waals surface area contributed by atoms with Crippen LogP contribution in [0.5, 0.6) is 0 Å². The van der Waals surface area contributed by atoms with E-state index in [9.17, 15) is 19.8 Å². The normalized spacial score (nSPS) is 16.2. The molecule has 0 aliphatic carbocycles. The van der Waals surface area contributed by atoms with E-state index in [1.807, 2.05) is 30.3 Å². The number of carbonyl (C=O) groups is 2. The lowest BCUT2D eigenvalue weighted by Crippen LogP contribution is -2.49. The molecule has 0 aromatic heterocycles. The van der Waals surface area contributed by atoms with Gasteiger partial charge in [0.05, 0.1) is 29.9 Å². The van der Waals surface area contributed by atoms with E-state index in [-0.39, 0.29) is 0 Å². The predicted octanol–water partition coefficient (Wildman–Crippen LogP) is 1.80. The van der Waals surface area contributed by atoms with Crippen LogP contribution in [0.15, 0.2) is 59.5 Å². The van der Waals surface area contributed by atoms with Crippen molar-refractivity contribution in [3.8, 4) is 0 Å². The molecule has 1 aliphatic rings. The highest BCUT2D eigenvalue weighted by Gasteiger charge is 2.42. The molecule has 1 heterocycles. The fourth-order valence-corrected chi connectivity index (χ4v) is 3.77. The molecule has 1 unspecified atom stereocenters.